The van der Waals surface area contributed by atoms with Gasteiger partial charge in [-0.25, -0.2) is 0 Å². The summed E-state index contributed by atoms with van der Waals surface area (Å²) in [6, 6.07) is 6.78. The highest BCUT2D eigenvalue weighted by Gasteiger charge is 2.05. The van der Waals surface area contributed by atoms with Crippen LogP contribution in [0.2, 0.25) is 0 Å². The Bertz CT molecular complexity index is 347. The molecule has 0 amide bonds. The summed E-state index contributed by atoms with van der Waals surface area (Å²) >= 11 is 0. The van der Waals surface area contributed by atoms with Crippen molar-refractivity contribution in [1.29, 1.82) is 0 Å². The smallest absolute Gasteiger partial charge is 0.119 e. The zero-order chi connectivity index (χ0) is 12.8. The van der Waals surface area contributed by atoms with Crippen LogP contribution in [0.4, 0.5) is 0 Å². The molecule has 2 nitrogen and oxygen atoms in total. The Morgan fingerprint density at radius 1 is 1.12 bits per heavy atom. The number of rotatable bonds is 6. The summed E-state index contributed by atoms with van der Waals surface area (Å²) < 4.78 is 5.71. The third-order valence-electron chi connectivity index (χ3n) is 3.32. The quantitative estimate of drug-likeness (QED) is 0.764. The first-order valence-electron chi connectivity index (χ1n) is 6.44. The Labute approximate surface area is 105 Å². The Morgan fingerprint density at radius 2 is 1.82 bits per heavy atom. The molecule has 0 bridgehead atoms. The number of hydrogen-bond acceptors (Lipinski definition) is 2. The molecule has 17 heavy (non-hydrogen) atoms. The van der Waals surface area contributed by atoms with E-state index in [1.807, 2.05) is 6.07 Å². The molecule has 96 valence electrons. The Morgan fingerprint density at radius 3 is 2.41 bits per heavy atom. The molecule has 0 fully saturated rings. The van der Waals surface area contributed by atoms with E-state index in [-0.39, 0.29) is 0 Å². The number of aryl methyl sites for hydroxylation is 2. The van der Waals surface area contributed by atoms with Crippen LogP contribution in [0.15, 0.2) is 18.2 Å². The predicted molar refractivity (Wildman–Crippen MR) is 73.7 cm³/mol. The Hall–Kier alpha value is -1.02. The number of hydrogen-bond donors (Lipinski definition) is 1. The molecule has 2 heteroatoms. The normalized spacial score (nSPS) is 12.8. The van der Waals surface area contributed by atoms with Crippen molar-refractivity contribution in [3.63, 3.8) is 0 Å². The molecule has 0 radical (unpaired) electrons. The lowest BCUT2D eigenvalue weighted by Crippen LogP contribution is -2.33. The van der Waals surface area contributed by atoms with Gasteiger partial charge in [-0.15, -0.1) is 0 Å². The molecule has 0 aliphatic rings. The minimum Gasteiger partial charge on any atom is -0.492 e. The van der Waals surface area contributed by atoms with Crippen LogP contribution >= 0.6 is 0 Å². The SMILES string of the molecule is Cc1ccc(OCCNC(C)C(C)C)cc1C. The lowest BCUT2D eigenvalue weighted by Gasteiger charge is -2.17. The van der Waals surface area contributed by atoms with E-state index in [1.54, 1.807) is 0 Å². The van der Waals surface area contributed by atoms with Crippen LogP contribution in [-0.4, -0.2) is 19.2 Å². The highest BCUT2D eigenvalue weighted by atomic mass is 16.5. The minimum atomic E-state index is 0.540. The first-order chi connectivity index (χ1) is 8.00. The fraction of sp³-hybridized carbons (Fsp3) is 0.600. The van der Waals surface area contributed by atoms with Crippen LogP contribution in [0.5, 0.6) is 5.75 Å². The van der Waals surface area contributed by atoms with Gasteiger partial charge >= 0.3 is 0 Å². The predicted octanol–water partition coefficient (Wildman–Crippen LogP) is 3.32. The average molecular weight is 235 g/mol. The van der Waals surface area contributed by atoms with Crippen LogP contribution in [0, 0.1) is 19.8 Å². The second-order valence-corrected chi connectivity index (χ2v) is 5.08. The van der Waals surface area contributed by atoms with E-state index in [0.29, 0.717) is 12.0 Å². The molecule has 0 aliphatic heterocycles. The highest BCUT2D eigenvalue weighted by Crippen LogP contribution is 2.16. The highest BCUT2D eigenvalue weighted by molar-refractivity contribution is 5.33. The second kappa shape index (κ2) is 6.65. The summed E-state index contributed by atoms with van der Waals surface area (Å²) in [7, 11) is 0. The summed E-state index contributed by atoms with van der Waals surface area (Å²) in [4.78, 5) is 0. The molecule has 0 saturated heterocycles. The standard InChI is InChI=1S/C15H25NO/c1-11(2)14(5)16-8-9-17-15-7-6-12(3)13(4)10-15/h6-7,10-11,14,16H,8-9H2,1-5H3. The maximum Gasteiger partial charge on any atom is 0.119 e. The summed E-state index contributed by atoms with van der Waals surface area (Å²) in [6.45, 7) is 12.5. The van der Waals surface area contributed by atoms with Gasteiger partial charge in [-0.05, 0) is 49.9 Å². The van der Waals surface area contributed by atoms with Crippen LogP contribution in [-0.2, 0) is 0 Å². The molecule has 1 N–H and O–H groups in total. The molecule has 1 atom stereocenters. The zero-order valence-corrected chi connectivity index (χ0v) is 11.7. The summed E-state index contributed by atoms with van der Waals surface area (Å²) in [5, 5.41) is 3.45. The number of ether oxygens (including phenoxy) is 1. The van der Waals surface area contributed by atoms with E-state index in [0.717, 1.165) is 18.9 Å². The van der Waals surface area contributed by atoms with Crippen LogP contribution < -0.4 is 10.1 Å². The van der Waals surface area contributed by atoms with E-state index in [2.05, 4.69) is 52.1 Å². The summed E-state index contributed by atoms with van der Waals surface area (Å²) in [5.74, 6) is 1.63. The molecule has 1 aromatic carbocycles. The fourth-order valence-corrected chi connectivity index (χ4v) is 1.49. The monoisotopic (exact) mass is 235 g/mol. The van der Waals surface area contributed by atoms with Gasteiger partial charge in [0.1, 0.15) is 12.4 Å². The van der Waals surface area contributed by atoms with Crippen LogP contribution in [0.1, 0.15) is 31.9 Å². The maximum absolute atomic E-state index is 5.71. The van der Waals surface area contributed by atoms with Gasteiger partial charge in [-0.1, -0.05) is 19.9 Å². The maximum atomic E-state index is 5.71. The largest absolute Gasteiger partial charge is 0.492 e. The molecular formula is C15H25NO. The average Bonchev–Trinajstić information content (AvgIpc) is 2.28. The van der Waals surface area contributed by atoms with Crippen molar-refractivity contribution >= 4 is 0 Å². The van der Waals surface area contributed by atoms with Crippen LogP contribution in [0.3, 0.4) is 0 Å². The Kier molecular flexibility index (Phi) is 5.49. The molecule has 1 aromatic rings. The van der Waals surface area contributed by atoms with Crippen molar-refractivity contribution in [2.45, 2.75) is 40.7 Å². The topological polar surface area (TPSA) is 21.3 Å². The van der Waals surface area contributed by atoms with E-state index in [1.165, 1.54) is 11.1 Å². The van der Waals surface area contributed by atoms with Gasteiger partial charge in [0.25, 0.3) is 0 Å². The fourth-order valence-electron chi connectivity index (χ4n) is 1.49. The van der Waals surface area contributed by atoms with Crippen molar-refractivity contribution in [1.82, 2.24) is 5.32 Å². The molecule has 0 saturated carbocycles. The lowest BCUT2D eigenvalue weighted by atomic mass is 10.1. The minimum absolute atomic E-state index is 0.540. The van der Waals surface area contributed by atoms with Crippen molar-refractivity contribution in [2.24, 2.45) is 5.92 Å². The van der Waals surface area contributed by atoms with Crippen molar-refractivity contribution in [3.8, 4) is 5.75 Å². The first kappa shape index (κ1) is 14.0. The molecule has 1 unspecified atom stereocenters. The second-order valence-electron chi connectivity index (χ2n) is 5.08. The zero-order valence-electron chi connectivity index (χ0n) is 11.7. The van der Waals surface area contributed by atoms with Gasteiger partial charge in [0.15, 0.2) is 0 Å². The number of nitrogens with one attached hydrogen (secondary N) is 1. The van der Waals surface area contributed by atoms with E-state index in [4.69, 9.17) is 4.74 Å². The molecule has 0 heterocycles. The van der Waals surface area contributed by atoms with Gasteiger partial charge in [0.05, 0.1) is 0 Å². The van der Waals surface area contributed by atoms with Crippen LogP contribution in [0.25, 0.3) is 0 Å². The van der Waals surface area contributed by atoms with E-state index >= 15 is 0 Å². The first-order valence-corrected chi connectivity index (χ1v) is 6.44. The van der Waals surface area contributed by atoms with Gasteiger partial charge in [-0.3, -0.25) is 0 Å². The van der Waals surface area contributed by atoms with Gasteiger partial charge in [-0.2, -0.15) is 0 Å². The van der Waals surface area contributed by atoms with Gasteiger partial charge in [0, 0.05) is 12.6 Å². The molecule has 0 spiro atoms. The third kappa shape index (κ3) is 4.78. The van der Waals surface area contributed by atoms with Gasteiger partial charge in [0.2, 0.25) is 0 Å². The lowest BCUT2D eigenvalue weighted by molar-refractivity contribution is 0.296. The molecule has 1 rings (SSSR count). The van der Waals surface area contributed by atoms with E-state index in [9.17, 15) is 0 Å². The van der Waals surface area contributed by atoms with Crippen molar-refractivity contribution in [2.75, 3.05) is 13.2 Å². The summed E-state index contributed by atoms with van der Waals surface area (Å²) in [5.41, 5.74) is 2.59. The van der Waals surface area contributed by atoms with Gasteiger partial charge < -0.3 is 10.1 Å². The molecule has 0 aliphatic carbocycles. The van der Waals surface area contributed by atoms with Crippen molar-refractivity contribution in [3.05, 3.63) is 29.3 Å². The van der Waals surface area contributed by atoms with E-state index < -0.39 is 0 Å². The number of benzene rings is 1. The third-order valence-corrected chi connectivity index (χ3v) is 3.32. The molecular weight excluding hydrogens is 210 g/mol. The Balaban J connectivity index is 2.29. The van der Waals surface area contributed by atoms with Crippen molar-refractivity contribution < 1.29 is 4.74 Å². The molecule has 0 aromatic heterocycles. The summed E-state index contributed by atoms with van der Waals surface area (Å²) in [6.07, 6.45) is 0.